The summed E-state index contributed by atoms with van der Waals surface area (Å²) in [6.45, 7) is -0.159. The zero-order chi connectivity index (χ0) is 39.0. The third-order valence-electron chi connectivity index (χ3n) is 9.52. The van der Waals surface area contributed by atoms with Crippen molar-refractivity contribution in [2.45, 2.75) is 83.2 Å². The van der Waals surface area contributed by atoms with Gasteiger partial charge in [0.05, 0.1) is 28.7 Å². The number of ether oxygens (including phenoxy) is 1. The molecule has 2 saturated carbocycles. The quantitative estimate of drug-likeness (QED) is 0.0811. The summed E-state index contributed by atoms with van der Waals surface area (Å²) >= 11 is 6.46. The normalized spacial score (nSPS) is 16.3. The van der Waals surface area contributed by atoms with Crippen molar-refractivity contribution in [3.8, 4) is 22.6 Å². The number of amides is 2. The van der Waals surface area contributed by atoms with Crippen molar-refractivity contribution in [1.29, 1.82) is 0 Å². The van der Waals surface area contributed by atoms with Crippen LogP contribution in [0, 0.1) is 5.41 Å². The van der Waals surface area contributed by atoms with E-state index in [0.717, 1.165) is 50.8 Å². The number of hydrogen-bond acceptors (Lipinski definition) is 8. The number of rotatable bonds is 13. The van der Waals surface area contributed by atoms with Crippen molar-refractivity contribution in [3.05, 3.63) is 71.1 Å². The van der Waals surface area contributed by atoms with E-state index in [0.29, 0.717) is 15.9 Å². The van der Waals surface area contributed by atoms with E-state index >= 15 is 0 Å². The Morgan fingerprint density at radius 2 is 1.83 bits per heavy atom. The van der Waals surface area contributed by atoms with Gasteiger partial charge in [0.2, 0.25) is 0 Å². The molecule has 0 spiro atoms. The number of alkyl carbamates (subject to hydrolysis) is 1. The maximum atomic E-state index is 14.5. The van der Waals surface area contributed by atoms with Crippen LogP contribution in [0.4, 0.5) is 26.7 Å². The lowest BCUT2D eigenvalue weighted by Gasteiger charge is -2.32. The van der Waals surface area contributed by atoms with Crippen LogP contribution in [0.25, 0.3) is 22.6 Å². The molecule has 13 nitrogen and oxygen atoms in total. The molecule has 2 aromatic carbocycles. The predicted molar refractivity (Wildman–Crippen MR) is 187 cm³/mol. The van der Waals surface area contributed by atoms with Gasteiger partial charge in [-0.3, -0.25) is 14.7 Å². The minimum absolute atomic E-state index is 0.00495. The van der Waals surface area contributed by atoms with Crippen LogP contribution < -0.4 is 11.1 Å². The van der Waals surface area contributed by atoms with Crippen LogP contribution in [0.5, 0.6) is 0 Å². The van der Waals surface area contributed by atoms with Crippen molar-refractivity contribution in [3.63, 3.8) is 0 Å². The lowest BCUT2D eigenvalue weighted by molar-refractivity contribution is -0.212. The molecule has 288 valence electrons. The first-order valence-corrected chi connectivity index (χ1v) is 17.5. The van der Waals surface area contributed by atoms with E-state index in [1.54, 1.807) is 23.1 Å². The van der Waals surface area contributed by atoms with Crippen LogP contribution in [0.3, 0.4) is 0 Å². The van der Waals surface area contributed by atoms with E-state index in [9.17, 15) is 31.5 Å². The number of benzene rings is 2. The van der Waals surface area contributed by atoms with Gasteiger partial charge in [-0.1, -0.05) is 43.6 Å². The molecule has 54 heavy (non-hydrogen) atoms. The highest BCUT2D eigenvalue weighted by atomic mass is 35.5. The number of carbonyl (C=O) groups is 2. The lowest BCUT2D eigenvalue weighted by atomic mass is 9.89. The van der Waals surface area contributed by atoms with E-state index in [4.69, 9.17) is 22.1 Å². The van der Waals surface area contributed by atoms with Gasteiger partial charge in [-0.2, -0.15) is 46.7 Å². The Labute approximate surface area is 311 Å². The second-order valence-corrected chi connectivity index (χ2v) is 14.7. The van der Waals surface area contributed by atoms with E-state index in [-0.39, 0.29) is 33.6 Å². The van der Waals surface area contributed by atoms with Gasteiger partial charge in [0, 0.05) is 28.8 Å². The van der Waals surface area contributed by atoms with Crippen molar-refractivity contribution < 1.29 is 36.3 Å². The van der Waals surface area contributed by atoms with Crippen LogP contribution in [0.2, 0.25) is 5.02 Å². The second kappa shape index (κ2) is 14.9. The van der Waals surface area contributed by atoms with Crippen molar-refractivity contribution in [1.82, 2.24) is 40.0 Å². The molecular formula is C35H38ClF5N10O3. The van der Waals surface area contributed by atoms with Gasteiger partial charge in [0.15, 0.2) is 11.8 Å². The van der Waals surface area contributed by atoms with Gasteiger partial charge in [-0.25, -0.2) is 9.78 Å². The van der Waals surface area contributed by atoms with Crippen LogP contribution in [0.1, 0.15) is 87.4 Å². The fraction of sp³-hybridized carbons (Fsp3) is 0.457. The molecule has 2 aromatic heterocycles. The van der Waals surface area contributed by atoms with Gasteiger partial charge in [0.1, 0.15) is 18.6 Å². The maximum Gasteiger partial charge on any atom is 0.407 e. The molecule has 0 radical (unpaired) electrons. The molecule has 1 atom stereocenters. The number of aromatic nitrogens is 6. The van der Waals surface area contributed by atoms with Crippen molar-refractivity contribution in [2.24, 2.45) is 16.1 Å². The molecule has 0 bridgehead atoms. The zero-order valence-electron chi connectivity index (χ0n) is 29.5. The monoisotopic (exact) mass is 776 g/mol. The first-order chi connectivity index (χ1) is 25.5. The number of halogens is 6. The standard InChI is InChI=1S/C35H38ClF5N10O3/c1-33(2,35(39,40)41)14-15-43-31(42)49(29(52)21-6-4-20(5-7-21)26-17-45-51(48-26)23-9-10-23)27(18-54-32(53)47-34(3)12-13-34)22-8-11-25(36)24(16-22)28-44-19-46-50(28)30(37)38/h4-8,11,16-17,19,23,27,30H,9-10,12-15,18H2,1-3H3,(H2,42,43)(H,47,53)/t27-/m1/s1. The number of alkyl halides is 5. The highest BCUT2D eigenvalue weighted by Crippen LogP contribution is 2.40. The number of aliphatic imine (C=N–C) groups is 1. The van der Waals surface area contributed by atoms with Gasteiger partial charge >= 0.3 is 18.8 Å². The molecule has 4 aromatic rings. The number of hydrogen-bond donors (Lipinski definition) is 2. The number of nitrogens with two attached hydrogens (primary N) is 1. The first-order valence-electron chi connectivity index (χ1n) is 17.1. The minimum Gasteiger partial charge on any atom is -0.447 e. The smallest absolute Gasteiger partial charge is 0.407 e. The summed E-state index contributed by atoms with van der Waals surface area (Å²) in [6.07, 6.45) is 0.151. The van der Waals surface area contributed by atoms with Crippen LogP contribution >= 0.6 is 11.6 Å². The van der Waals surface area contributed by atoms with E-state index in [1.807, 2.05) is 6.92 Å². The average Bonchev–Trinajstić information content (AvgIpc) is 3.97. The second-order valence-electron chi connectivity index (χ2n) is 14.3. The molecule has 3 N–H and O–H groups in total. The van der Waals surface area contributed by atoms with Crippen LogP contribution in [-0.2, 0) is 4.74 Å². The third kappa shape index (κ3) is 8.63. The molecule has 2 aliphatic rings. The Morgan fingerprint density at radius 1 is 1.13 bits per heavy atom. The Hall–Kier alpha value is -5.13. The topological polar surface area (TPSA) is 158 Å². The predicted octanol–water partition coefficient (Wildman–Crippen LogP) is 7.34. The SMILES string of the molecule is CC1(NC(=O)OC[C@H](c2ccc(Cl)c(-c3ncnn3C(F)F)c2)N(C(=O)c2ccc(-c3cnn(C4CC4)n3)cc2)C(N)=NCCC(C)(C)C(F)(F)F)CC1. The summed E-state index contributed by atoms with van der Waals surface area (Å²) in [7, 11) is 0. The Bertz CT molecular complexity index is 2020. The van der Waals surface area contributed by atoms with Gasteiger partial charge in [0.25, 0.3) is 5.91 Å². The summed E-state index contributed by atoms with van der Waals surface area (Å²) in [5.41, 5.74) is 5.42. The Balaban J connectivity index is 1.40. The lowest BCUT2D eigenvalue weighted by Crippen LogP contribution is -2.47. The number of carbonyl (C=O) groups excluding carboxylic acids is 2. The summed E-state index contributed by atoms with van der Waals surface area (Å²) in [6, 6.07) is 9.49. The summed E-state index contributed by atoms with van der Waals surface area (Å²) < 4.78 is 74.8. The molecule has 19 heteroatoms. The largest absolute Gasteiger partial charge is 0.447 e. The van der Waals surface area contributed by atoms with E-state index in [2.05, 4.69) is 30.6 Å². The van der Waals surface area contributed by atoms with Crippen molar-refractivity contribution >= 4 is 29.6 Å². The zero-order valence-corrected chi connectivity index (χ0v) is 30.3. The van der Waals surface area contributed by atoms with Gasteiger partial charge in [-0.05, 0) is 68.9 Å². The molecule has 2 fully saturated rings. The minimum atomic E-state index is -4.54. The van der Waals surface area contributed by atoms with Crippen LogP contribution in [-0.4, -0.2) is 77.5 Å². The Kier molecular flexibility index (Phi) is 10.7. The maximum absolute atomic E-state index is 14.5. The average molecular weight is 777 g/mol. The summed E-state index contributed by atoms with van der Waals surface area (Å²) in [5, 5.41) is 15.2. The van der Waals surface area contributed by atoms with E-state index in [1.165, 1.54) is 30.3 Å². The molecule has 2 aliphatic carbocycles. The van der Waals surface area contributed by atoms with Gasteiger partial charge in [-0.15, -0.1) is 0 Å². The number of guanidine groups is 1. The fourth-order valence-corrected chi connectivity index (χ4v) is 5.66. The summed E-state index contributed by atoms with van der Waals surface area (Å²) in [4.78, 5) is 38.3. The third-order valence-corrected chi connectivity index (χ3v) is 9.84. The van der Waals surface area contributed by atoms with Gasteiger partial charge < -0.3 is 15.8 Å². The van der Waals surface area contributed by atoms with Crippen molar-refractivity contribution in [2.75, 3.05) is 13.2 Å². The van der Waals surface area contributed by atoms with Crippen LogP contribution in [0.15, 0.2) is 60.0 Å². The van der Waals surface area contributed by atoms with E-state index < -0.39 is 67.3 Å². The molecule has 6 rings (SSSR count). The highest BCUT2D eigenvalue weighted by Gasteiger charge is 2.46. The molecule has 0 saturated heterocycles. The first kappa shape index (κ1) is 38.6. The number of nitrogens with one attached hydrogen (secondary N) is 1. The molecule has 2 heterocycles. The fourth-order valence-electron chi connectivity index (χ4n) is 5.46. The molecule has 0 aliphatic heterocycles. The molecule has 2 amide bonds. The highest BCUT2D eigenvalue weighted by molar-refractivity contribution is 6.33. The molecule has 0 unspecified atom stereocenters. The molecular weight excluding hydrogens is 739 g/mol. The number of nitrogens with zero attached hydrogens (tertiary/aromatic N) is 8. The Morgan fingerprint density at radius 3 is 2.46 bits per heavy atom. The summed E-state index contributed by atoms with van der Waals surface area (Å²) in [5.74, 6) is -1.53.